The molecule has 1 aliphatic rings. The number of nitrogens with zero attached hydrogens (tertiary/aromatic N) is 5. The minimum atomic E-state index is -1.14. The summed E-state index contributed by atoms with van der Waals surface area (Å²) >= 11 is 0. The summed E-state index contributed by atoms with van der Waals surface area (Å²) in [6, 6.07) is 0. The van der Waals surface area contributed by atoms with Crippen LogP contribution in [0.4, 0.5) is 0 Å². The molecule has 0 amide bonds. The Morgan fingerprint density at radius 3 is 2.71 bits per heavy atom. The fourth-order valence-corrected chi connectivity index (χ4v) is 2.88. The Balaban J connectivity index is 2.05. The third-order valence-electron chi connectivity index (χ3n) is 3.98. The molecule has 1 fully saturated rings. The number of aliphatic hydroxyl groups is 1. The number of aryl methyl sites for hydroxylation is 1. The zero-order valence-electron chi connectivity index (χ0n) is 11.7. The molecule has 2 N–H and O–H groups in total. The predicted molar refractivity (Wildman–Crippen MR) is 72.6 cm³/mol. The molecule has 2 heterocycles. The lowest BCUT2D eigenvalue weighted by molar-refractivity contribution is 0.0264. The van der Waals surface area contributed by atoms with Gasteiger partial charge in [0.15, 0.2) is 5.69 Å². The van der Waals surface area contributed by atoms with Crippen LogP contribution in [-0.2, 0) is 13.6 Å². The van der Waals surface area contributed by atoms with Gasteiger partial charge in [-0.15, -0.1) is 5.10 Å². The van der Waals surface area contributed by atoms with Crippen molar-refractivity contribution in [2.45, 2.75) is 37.8 Å². The molecule has 0 unspecified atom stereocenters. The first-order valence-corrected chi connectivity index (χ1v) is 6.86. The highest BCUT2D eigenvalue weighted by Crippen LogP contribution is 2.32. The number of imidazole rings is 1. The molecule has 0 saturated heterocycles. The average Bonchev–Trinajstić information content (AvgIpc) is 3.10. The highest BCUT2D eigenvalue weighted by molar-refractivity contribution is 5.92. The second kappa shape index (κ2) is 4.96. The summed E-state index contributed by atoms with van der Waals surface area (Å²) in [6.07, 6.45) is 6.49. The van der Waals surface area contributed by atoms with E-state index in [1.165, 1.54) is 4.68 Å². The van der Waals surface area contributed by atoms with Crippen molar-refractivity contribution < 1.29 is 15.0 Å². The fourth-order valence-electron chi connectivity index (χ4n) is 2.88. The van der Waals surface area contributed by atoms with Gasteiger partial charge in [0.05, 0.1) is 30.4 Å². The molecule has 0 aromatic carbocycles. The Hall–Kier alpha value is -2.22. The van der Waals surface area contributed by atoms with Crippen LogP contribution in [0.3, 0.4) is 0 Å². The molecule has 0 bridgehead atoms. The summed E-state index contributed by atoms with van der Waals surface area (Å²) in [4.78, 5) is 15.4. The Bertz CT molecular complexity index is 669. The van der Waals surface area contributed by atoms with E-state index in [0.29, 0.717) is 24.2 Å². The number of aromatic carboxylic acids is 1. The summed E-state index contributed by atoms with van der Waals surface area (Å²) < 4.78 is 3.19. The normalized spacial score (nSPS) is 17.2. The van der Waals surface area contributed by atoms with E-state index >= 15 is 0 Å². The van der Waals surface area contributed by atoms with Crippen molar-refractivity contribution in [2.24, 2.45) is 7.05 Å². The number of carboxylic acid groups (broad SMARTS) is 1. The fraction of sp³-hybridized carbons (Fsp3) is 0.538. The molecule has 8 heteroatoms. The van der Waals surface area contributed by atoms with Gasteiger partial charge in [-0.1, -0.05) is 18.1 Å². The number of hydrogen-bond acceptors (Lipinski definition) is 5. The van der Waals surface area contributed by atoms with E-state index < -0.39 is 11.6 Å². The van der Waals surface area contributed by atoms with Crippen molar-refractivity contribution >= 4 is 5.97 Å². The van der Waals surface area contributed by atoms with Gasteiger partial charge in [-0.2, -0.15) is 0 Å². The van der Waals surface area contributed by atoms with Gasteiger partial charge in [0.1, 0.15) is 5.69 Å². The van der Waals surface area contributed by atoms with E-state index in [1.54, 1.807) is 24.1 Å². The van der Waals surface area contributed by atoms with Crippen molar-refractivity contribution in [2.75, 3.05) is 0 Å². The largest absolute Gasteiger partial charge is 0.476 e. The molecule has 2 aromatic heterocycles. The summed E-state index contributed by atoms with van der Waals surface area (Å²) in [6.45, 7) is 0.244. The predicted octanol–water partition coefficient (Wildman–Crippen LogP) is 0.682. The third kappa shape index (κ3) is 2.42. The van der Waals surface area contributed by atoms with E-state index in [4.69, 9.17) is 0 Å². The maximum atomic E-state index is 11.4. The monoisotopic (exact) mass is 291 g/mol. The van der Waals surface area contributed by atoms with Gasteiger partial charge < -0.3 is 14.8 Å². The molecular weight excluding hydrogens is 274 g/mol. The van der Waals surface area contributed by atoms with Gasteiger partial charge in [0, 0.05) is 7.05 Å². The molecule has 1 aliphatic carbocycles. The van der Waals surface area contributed by atoms with Crippen LogP contribution in [0, 0.1) is 0 Å². The molecule has 0 spiro atoms. The van der Waals surface area contributed by atoms with Crippen molar-refractivity contribution in [3.63, 3.8) is 0 Å². The van der Waals surface area contributed by atoms with Gasteiger partial charge in [0.25, 0.3) is 0 Å². The first-order chi connectivity index (χ1) is 10.0. The quantitative estimate of drug-likeness (QED) is 0.858. The lowest BCUT2D eigenvalue weighted by atomic mass is 10.0. The van der Waals surface area contributed by atoms with Crippen LogP contribution in [0.15, 0.2) is 12.5 Å². The minimum absolute atomic E-state index is 0.125. The van der Waals surface area contributed by atoms with Crippen LogP contribution in [0.1, 0.15) is 36.2 Å². The number of aromatic nitrogens is 5. The summed E-state index contributed by atoms with van der Waals surface area (Å²) in [5.74, 6) is -1.14. The molecule has 8 nitrogen and oxygen atoms in total. The van der Waals surface area contributed by atoms with Crippen molar-refractivity contribution in [3.8, 4) is 11.4 Å². The first kappa shape index (κ1) is 13.7. The Morgan fingerprint density at radius 1 is 1.43 bits per heavy atom. The molecule has 3 rings (SSSR count). The molecule has 2 aromatic rings. The Labute approximate surface area is 121 Å². The first-order valence-electron chi connectivity index (χ1n) is 6.86. The van der Waals surface area contributed by atoms with Crippen molar-refractivity contribution in [3.05, 3.63) is 18.2 Å². The maximum absolute atomic E-state index is 11.4. The SMILES string of the molecule is Cn1cncc1-c1c(C(=O)O)nnn1CC1(O)CCCC1. The maximum Gasteiger partial charge on any atom is 0.358 e. The number of hydrogen-bond donors (Lipinski definition) is 2. The minimum Gasteiger partial charge on any atom is -0.476 e. The molecule has 0 atom stereocenters. The molecule has 0 radical (unpaired) electrons. The van der Waals surface area contributed by atoms with E-state index in [9.17, 15) is 15.0 Å². The van der Waals surface area contributed by atoms with E-state index in [2.05, 4.69) is 15.3 Å². The molecular formula is C13H17N5O3. The molecule has 0 aliphatic heterocycles. The van der Waals surface area contributed by atoms with Crippen molar-refractivity contribution in [1.82, 2.24) is 24.5 Å². The van der Waals surface area contributed by atoms with Gasteiger partial charge >= 0.3 is 5.97 Å². The second-order valence-electron chi connectivity index (χ2n) is 5.57. The smallest absolute Gasteiger partial charge is 0.358 e. The third-order valence-corrected chi connectivity index (χ3v) is 3.98. The number of carbonyl (C=O) groups is 1. The van der Waals surface area contributed by atoms with E-state index in [1.807, 2.05) is 0 Å². The highest BCUT2D eigenvalue weighted by Gasteiger charge is 2.34. The Kier molecular flexibility index (Phi) is 3.25. The van der Waals surface area contributed by atoms with Gasteiger partial charge in [0.2, 0.25) is 0 Å². The van der Waals surface area contributed by atoms with Gasteiger partial charge in [-0.25, -0.2) is 14.5 Å². The van der Waals surface area contributed by atoms with E-state index in [-0.39, 0.29) is 12.2 Å². The molecule has 1 saturated carbocycles. The van der Waals surface area contributed by atoms with Crippen LogP contribution in [-0.4, -0.2) is 46.3 Å². The van der Waals surface area contributed by atoms with Crippen LogP contribution in [0.5, 0.6) is 0 Å². The molecule has 21 heavy (non-hydrogen) atoms. The summed E-state index contributed by atoms with van der Waals surface area (Å²) in [7, 11) is 1.77. The van der Waals surface area contributed by atoms with E-state index in [0.717, 1.165) is 12.8 Å². The summed E-state index contributed by atoms with van der Waals surface area (Å²) in [5.41, 5.74) is 0.0265. The lowest BCUT2D eigenvalue weighted by Gasteiger charge is -2.22. The zero-order chi connectivity index (χ0) is 15.0. The van der Waals surface area contributed by atoms with Crippen LogP contribution in [0.25, 0.3) is 11.4 Å². The standard InChI is InChI=1S/C13H17N5O3/c1-17-8-14-6-9(17)11-10(12(19)20)15-16-18(11)7-13(21)4-2-3-5-13/h6,8,21H,2-5,7H2,1H3,(H,19,20). The summed E-state index contributed by atoms with van der Waals surface area (Å²) in [5, 5.41) is 27.5. The van der Waals surface area contributed by atoms with Gasteiger partial charge in [-0.3, -0.25) is 0 Å². The zero-order valence-corrected chi connectivity index (χ0v) is 11.7. The van der Waals surface area contributed by atoms with Crippen LogP contribution >= 0.6 is 0 Å². The van der Waals surface area contributed by atoms with Crippen molar-refractivity contribution in [1.29, 1.82) is 0 Å². The Morgan fingerprint density at radius 2 is 2.14 bits per heavy atom. The lowest BCUT2D eigenvalue weighted by Crippen LogP contribution is -2.31. The average molecular weight is 291 g/mol. The van der Waals surface area contributed by atoms with Gasteiger partial charge in [-0.05, 0) is 12.8 Å². The van der Waals surface area contributed by atoms with Crippen LogP contribution < -0.4 is 0 Å². The number of rotatable bonds is 4. The number of carboxylic acids is 1. The highest BCUT2D eigenvalue weighted by atomic mass is 16.4. The second-order valence-corrected chi connectivity index (χ2v) is 5.57. The topological polar surface area (TPSA) is 106 Å². The van der Waals surface area contributed by atoms with Crippen LogP contribution in [0.2, 0.25) is 0 Å². The molecule has 112 valence electrons.